The molecule has 0 spiro atoms. The zero-order valence-corrected chi connectivity index (χ0v) is 14.2. The van der Waals surface area contributed by atoms with Gasteiger partial charge in [0.1, 0.15) is 0 Å². The van der Waals surface area contributed by atoms with E-state index in [1.54, 1.807) is 11.3 Å². The van der Waals surface area contributed by atoms with Crippen molar-refractivity contribution in [2.24, 2.45) is 0 Å². The number of fused-ring (bicyclic) bond motifs is 1. The molecule has 1 atom stereocenters. The molecule has 3 aromatic rings. The van der Waals surface area contributed by atoms with E-state index in [1.807, 2.05) is 12.4 Å². The van der Waals surface area contributed by atoms with Crippen LogP contribution >= 0.6 is 27.3 Å². The number of nitrogens with one attached hydrogen (secondary N) is 1. The fourth-order valence-electron chi connectivity index (χ4n) is 2.53. The fourth-order valence-corrected chi connectivity index (χ4v) is 4.23. The van der Waals surface area contributed by atoms with Gasteiger partial charge in [-0.2, -0.15) is 0 Å². The van der Waals surface area contributed by atoms with Crippen LogP contribution in [0.4, 0.5) is 0 Å². The van der Waals surface area contributed by atoms with Gasteiger partial charge < -0.3 is 5.32 Å². The molecule has 2 aromatic heterocycles. The van der Waals surface area contributed by atoms with Crippen LogP contribution in [0.3, 0.4) is 0 Å². The van der Waals surface area contributed by atoms with Crippen molar-refractivity contribution in [3.8, 4) is 0 Å². The summed E-state index contributed by atoms with van der Waals surface area (Å²) in [7, 11) is 0. The van der Waals surface area contributed by atoms with Gasteiger partial charge in [-0.05, 0) is 57.4 Å². The molecule has 2 heterocycles. The summed E-state index contributed by atoms with van der Waals surface area (Å²) in [6.07, 6.45) is 4.93. The first-order valence-electron chi connectivity index (χ1n) is 7.10. The molecule has 4 heteroatoms. The maximum atomic E-state index is 4.30. The van der Waals surface area contributed by atoms with Crippen molar-refractivity contribution < 1.29 is 0 Å². The molecule has 0 aliphatic rings. The molecule has 1 unspecified atom stereocenters. The van der Waals surface area contributed by atoms with E-state index in [9.17, 15) is 0 Å². The Hall–Kier alpha value is -1.23. The summed E-state index contributed by atoms with van der Waals surface area (Å²) in [5.74, 6) is 0. The van der Waals surface area contributed by atoms with Crippen LogP contribution in [0.1, 0.15) is 29.8 Å². The van der Waals surface area contributed by atoms with E-state index in [2.05, 4.69) is 68.9 Å². The second kappa shape index (κ2) is 6.69. The fraction of sp³-hybridized carbons (Fsp3) is 0.235. The molecule has 0 radical (unpaired) electrons. The maximum absolute atomic E-state index is 4.30. The van der Waals surface area contributed by atoms with Crippen LogP contribution in [0, 0.1) is 0 Å². The zero-order chi connectivity index (χ0) is 14.7. The summed E-state index contributed by atoms with van der Waals surface area (Å²) in [6, 6.07) is 10.8. The SMILES string of the molecule is CCCNC(c1sccc1Br)c1cccc2ccncc12. The summed E-state index contributed by atoms with van der Waals surface area (Å²) in [6.45, 7) is 3.18. The topological polar surface area (TPSA) is 24.9 Å². The molecule has 0 saturated heterocycles. The lowest BCUT2D eigenvalue weighted by atomic mass is 9.99. The van der Waals surface area contributed by atoms with Crippen molar-refractivity contribution in [3.63, 3.8) is 0 Å². The van der Waals surface area contributed by atoms with Crippen LogP contribution in [0.2, 0.25) is 0 Å². The first-order chi connectivity index (χ1) is 10.3. The standard InChI is InChI=1S/C17H17BrN2S/c1-2-8-20-16(17-15(18)7-10-21-17)13-5-3-4-12-6-9-19-11-14(12)13/h3-7,9-11,16,20H,2,8H2,1H3. The van der Waals surface area contributed by atoms with E-state index >= 15 is 0 Å². The molecule has 108 valence electrons. The molecule has 2 nitrogen and oxygen atoms in total. The van der Waals surface area contributed by atoms with Crippen molar-refractivity contribution in [2.45, 2.75) is 19.4 Å². The Balaban J connectivity index is 2.12. The van der Waals surface area contributed by atoms with E-state index < -0.39 is 0 Å². The quantitative estimate of drug-likeness (QED) is 0.680. The highest BCUT2D eigenvalue weighted by Gasteiger charge is 2.19. The van der Waals surface area contributed by atoms with Gasteiger partial charge >= 0.3 is 0 Å². The number of thiophene rings is 1. The molecule has 21 heavy (non-hydrogen) atoms. The lowest BCUT2D eigenvalue weighted by molar-refractivity contribution is 0.607. The lowest BCUT2D eigenvalue weighted by Crippen LogP contribution is -2.23. The number of halogens is 1. The summed E-state index contributed by atoms with van der Waals surface area (Å²) >= 11 is 5.46. The Morgan fingerprint density at radius 1 is 1.29 bits per heavy atom. The minimum atomic E-state index is 0.201. The normalized spacial score (nSPS) is 12.7. The monoisotopic (exact) mass is 360 g/mol. The van der Waals surface area contributed by atoms with E-state index in [0.29, 0.717) is 0 Å². The first kappa shape index (κ1) is 14.7. The smallest absolute Gasteiger partial charge is 0.0689 e. The van der Waals surface area contributed by atoms with Crippen LogP contribution in [-0.2, 0) is 0 Å². The van der Waals surface area contributed by atoms with Gasteiger partial charge in [0.05, 0.1) is 6.04 Å². The third-order valence-corrected chi connectivity index (χ3v) is 5.47. The number of benzene rings is 1. The molecular weight excluding hydrogens is 344 g/mol. The number of rotatable bonds is 5. The summed E-state index contributed by atoms with van der Waals surface area (Å²) < 4.78 is 1.17. The largest absolute Gasteiger partial charge is 0.306 e. The van der Waals surface area contributed by atoms with Gasteiger partial charge in [0.15, 0.2) is 0 Å². The van der Waals surface area contributed by atoms with Crippen molar-refractivity contribution >= 4 is 38.0 Å². The van der Waals surface area contributed by atoms with Gasteiger partial charge in [0.2, 0.25) is 0 Å². The van der Waals surface area contributed by atoms with E-state index in [-0.39, 0.29) is 6.04 Å². The van der Waals surface area contributed by atoms with Crippen molar-refractivity contribution in [3.05, 3.63) is 63.0 Å². The van der Waals surface area contributed by atoms with E-state index in [1.165, 1.54) is 25.7 Å². The number of nitrogens with zero attached hydrogens (tertiary/aromatic N) is 1. The number of pyridine rings is 1. The number of aromatic nitrogens is 1. The average molecular weight is 361 g/mol. The molecule has 0 fully saturated rings. The van der Waals surface area contributed by atoms with Crippen molar-refractivity contribution in [2.75, 3.05) is 6.54 Å². The molecule has 0 aliphatic carbocycles. The first-order valence-corrected chi connectivity index (χ1v) is 8.77. The summed E-state index contributed by atoms with van der Waals surface area (Å²) in [4.78, 5) is 5.62. The minimum absolute atomic E-state index is 0.201. The summed E-state index contributed by atoms with van der Waals surface area (Å²) in [5.41, 5.74) is 1.29. The highest BCUT2D eigenvalue weighted by Crippen LogP contribution is 2.35. The van der Waals surface area contributed by atoms with E-state index in [4.69, 9.17) is 0 Å². The average Bonchev–Trinajstić information content (AvgIpc) is 2.94. The van der Waals surface area contributed by atoms with Crippen molar-refractivity contribution in [1.29, 1.82) is 0 Å². The van der Waals surface area contributed by atoms with E-state index in [0.717, 1.165) is 13.0 Å². The molecule has 0 saturated carbocycles. The van der Waals surface area contributed by atoms with Gasteiger partial charge in [-0.3, -0.25) is 4.98 Å². The van der Waals surface area contributed by atoms with Gasteiger partial charge in [0.25, 0.3) is 0 Å². The molecule has 0 bridgehead atoms. The van der Waals surface area contributed by atoms with Crippen LogP contribution in [0.25, 0.3) is 10.8 Å². The van der Waals surface area contributed by atoms with Crippen LogP contribution in [-0.4, -0.2) is 11.5 Å². The second-order valence-corrected chi connectivity index (χ2v) is 6.77. The van der Waals surface area contributed by atoms with Gasteiger partial charge in [-0.25, -0.2) is 0 Å². The molecule has 1 aromatic carbocycles. The third-order valence-electron chi connectivity index (χ3n) is 3.53. The van der Waals surface area contributed by atoms with Gasteiger partial charge in [-0.1, -0.05) is 25.1 Å². The minimum Gasteiger partial charge on any atom is -0.306 e. The van der Waals surface area contributed by atoms with Crippen molar-refractivity contribution in [1.82, 2.24) is 10.3 Å². The third kappa shape index (κ3) is 3.03. The predicted molar refractivity (Wildman–Crippen MR) is 93.9 cm³/mol. The Kier molecular flexibility index (Phi) is 4.68. The molecule has 0 amide bonds. The van der Waals surface area contributed by atoms with Crippen LogP contribution < -0.4 is 5.32 Å². The highest BCUT2D eigenvalue weighted by molar-refractivity contribution is 9.10. The highest BCUT2D eigenvalue weighted by atomic mass is 79.9. The Bertz CT molecular complexity index is 733. The second-order valence-electron chi connectivity index (χ2n) is 4.96. The molecule has 0 aliphatic heterocycles. The Morgan fingerprint density at radius 3 is 2.95 bits per heavy atom. The summed E-state index contributed by atoms with van der Waals surface area (Å²) in [5, 5.41) is 8.25. The van der Waals surface area contributed by atoms with Crippen LogP contribution in [0.15, 0.2) is 52.6 Å². The van der Waals surface area contributed by atoms with Gasteiger partial charge in [0, 0.05) is 27.1 Å². The number of hydrogen-bond acceptors (Lipinski definition) is 3. The molecule has 3 rings (SSSR count). The lowest BCUT2D eigenvalue weighted by Gasteiger charge is -2.20. The predicted octanol–water partition coefficient (Wildman–Crippen LogP) is 5.15. The molecule has 1 N–H and O–H groups in total. The number of hydrogen-bond donors (Lipinski definition) is 1. The molecular formula is C17H17BrN2S. The maximum Gasteiger partial charge on any atom is 0.0689 e. The Labute approximate surface area is 137 Å². The van der Waals surface area contributed by atoms with Gasteiger partial charge in [-0.15, -0.1) is 11.3 Å². The zero-order valence-electron chi connectivity index (χ0n) is 11.8. The van der Waals surface area contributed by atoms with Crippen LogP contribution in [0.5, 0.6) is 0 Å². The Morgan fingerprint density at radius 2 is 2.19 bits per heavy atom.